The maximum Gasteiger partial charge on any atom is 0.312 e. The van der Waals surface area contributed by atoms with Crippen molar-refractivity contribution >= 4 is 33.6 Å². The van der Waals surface area contributed by atoms with Crippen molar-refractivity contribution in [3.8, 4) is 0 Å². The topological polar surface area (TPSA) is 75.4 Å². The summed E-state index contributed by atoms with van der Waals surface area (Å²) in [4.78, 5) is 25.9. The van der Waals surface area contributed by atoms with Crippen LogP contribution in [0.5, 0.6) is 0 Å². The SMILES string of the molecule is NC(=O)NC(CC(=O)N1CCc2ccccc21)c1cccc(Br)c1. The van der Waals surface area contributed by atoms with Crippen LogP contribution in [-0.2, 0) is 11.2 Å². The fourth-order valence-corrected chi connectivity index (χ4v) is 3.45. The largest absolute Gasteiger partial charge is 0.352 e. The fourth-order valence-electron chi connectivity index (χ4n) is 3.03. The Morgan fingerprint density at radius 3 is 2.75 bits per heavy atom. The zero-order chi connectivity index (χ0) is 17.1. The molecule has 1 aliphatic rings. The number of carbonyl (C=O) groups excluding carboxylic acids is 2. The molecule has 3 rings (SSSR count). The molecule has 1 unspecified atom stereocenters. The molecule has 0 radical (unpaired) electrons. The van der Waals surface area contributed by atoms with Crippen molar-refractivity contribution in [2.45, 2.75) is 18.9 Å². The van der Waals surface area contributed by atoms with Crippen molar-refractivity contribution < 1.29 is 9.59 Å². The monoisotopic (exact) mass is 387 g/mol. The number of urea groups is 1. The van der Waals surface area contributed by atoms with E-state index in [0.29, 0.717) is 6.54 Å². The van der Waals surface area contributed by atoms with Gasteiger partial charge in [-0.3, -0.25) is 4.79 Å². The van der Waals surface area contributed by atoms with Gasteiger partial charge in [0, 0.05) is 16.7 Å². The highest BCUT2D eigenvalue weighted by Crippen LogP contribution is 2.30. The van der Waals surface area contributed by atoms with Crippen LogP contribution in [0.1, 0.15) is 23.6 Å². The third-order valence-electron chi connectivity index (χ3n) is 4.13. The summed E-state index contributed by atoms with van der Waals surface area (Å²) in [6, 6.07) is 14.3. The summed E-state index contributed by atoms with van der Waals surface area (Å²) in [5.74, 6) is -0.0290. The number of nitrogens with zero attached hydrogens (tertiary/aromatic N) is 1. The van der Waals surface area contributed by atoms with Gasteiger partial charge in [0.2, 0.25) is 5.91 Å². The molecule has 124 valence electrons. The maximum absolute atomic E-state index is 12.8. The van der Waals surface area contributed by atoms with Crippen molar-refractivity contribution in [1.82, 2.24) is 5.32 Å². The second-order valence-electron chi connectivity index (χ2n) is 5.74. The number of carbonyl (C=O) groups is 2. The molecule has 6 heteroatoms. The molecule has 0 spiro atoms. The quantitative estimate of drug-likeness (QED) is 0.845. The molecular weight excluding hydrogens is 370 g/mol. The summed E-state index contributed by atoms with van der Waals surface area (Å²) >= 11 is 3.41. The van der Waals surface area contributed by atoms with Crippen molar-refractivity contribution in [2.75, 3.05) is 11.4 Å². The maximum atomic E-state index is 12.8. The number of anilines is 1. The normalized spacial score (nSPS) is 14.1. The van der Waals surface area contributed by atoms with Gasteiger partial charge in [0.25, 0.3) is 0 Å². The van der Waals surface area contributed by atoms with Crippen LogP contribution < -0.4 is 16.0 Å². The Labute approximate surface area is 149 Å². The van der Waals surface area contributed by atoms with Gasteiger partial charge >= 0.3 is 6.03 Å². The Hall–Kier alpha value is -2.34. The van der Waals surface area contributed by atoms with Gasteiger partial charge in [-0.1, -0.05) is 46.3 Å². The Kier molecular flexibility index (Phi) is 4.85. The summed E-state index contributed by atoms with van der Waals surface area (Å²) in [6.07, 6.45) is 1.01. The van der Waals surface area contributed by atoms with E-state index < -0.39 is 12.1 Å². The zero-order valence-electron chi connectivity index (χ0n) is 13.0. The summed E-state index contributed by atoms with van der Waals surface area (Å²) in [7, 11) is 0. The van der Waals surface area contributed by atoms with Gasteiger partial charge in [-0.2, -0.15) is 0 Å². The second-order valence-corrected chi connectivity index (χ2v) is 6.66. The lowest BCUT2D eigenvalue weighted by Crippen LogP contribution is -2.38. The number of hydrogen-bond acceptors (Lipinski definition) is 2. The van der Waals surface area contributed by atoms with Gasteiger partial charge in [0.05, 0.1) is 12.5 Å². The number of fused-ring (bicyclic) bond motifs is 1. The third-order valence-corrected chi connectivity index (χ3v) is 4.63. The first kappa shape index (κ1) is 16.5. The molecule has 2 aromatic carbocycles. The van der Waals surface area contributed by atoms with Crippen LogP contribution in [0, 0.1) is 0 Å². The van der Waals surface area contributed by atoms with E-state index in [2.05, 4.69) is 21.2 Å². The van der Waals surface area contributed by atoms with Crippen LogP contribution in [0.25, 0.3) is 0 Å². The number of nitrogens with two attached hydrogens (primary N) is 1. The van der Waals surface area contributed by atoms with Crippen molar-refractivity contribution in [3.63, 3.8) is 0 Å². The Morgan fingerprint density at radius 2 is 2.00 bits per heavy atom. The van der Waals surface area contributed by atoms with E-state index in [0.717, 1.165) is 22.1 Å². The third kappa shape index (κ3) is 3.59. The standard InChI is InChI=1S/C18H18BrN3O2/c19-14-6-3-5-13(10-14)15(21-18(20)24)11-17(23)22-9-8-12-4-1-2-7-16(12)22/h1-7,10,15H,8-9,11H2,(H3,20,21,24). The van der Waals surface area contributed by atoms with Gasteiger partial charge in [-0.05, 0) is 35.7 Å². The molecular formula is C18H18BrN3O2. The lowest BCUT2D eigenvalue weighted by molar-refractivity contribution is -0.119. The number of nitrogens with one attached hydrogen (secondary N) is 1. The van der Waals surface area contributed by atoms with E-state index >= 15 is 0 Å². The van der Waals surface area contributed by atoms with E-state index in [9.17, 15) is 9.59 Å². The van der Waals surface area contributed by atoms with Crippen LogP contribution in [0.2, 0.25) is 0 Å². The van der Waals surface area contributed by atoms with E-state index in [1.807, 2.05) is 48.5 Å². The van der Waals surface area contributed by atoms with E-state index in [1.165, 1.54) is 5.56 Å². The van der Waals surface area contributed by atoms with Crippen molar-refractivity contribution in [3.05, 3.63) is 64.1 Å². The Bertz CT molecular complexity index is 778. The highest BCUT2D eigenvalue weighted by Gasteiger charge is 2.27. The summed E-state index contributed by atoms with van der Waals surface area (Å²) in [5, 5.41) is 2.67. The van der Waals surface area contributed by atoms with Gasteiger partial charge in [-0.25, -0.2) is 4.79 Å². The highest BCUT2D eigenvalue weighted by molar-refractivity contribution is 9.10. The minimum absolute atomic E-state index is 0.0290. The Morgan fingerprint density at radius 1 is 1.21 bits per heavy atom. The molecule has 0 aromatic heterocycles. The average Bonchev–Trinajstić information content (AvgIpc) is 2.98. The summed E-state index contributed by atoms with van der Waals surface area (Å²) in [5.41, 5.74) is 8.25. The average molecular weight is 388 g/mol. The van der Waals surface area contributed by atoms with Crippen molar-refractivity contribution in [1.29, 1.82) is 0 Å². The number of hydrogen-bond donors (Lipinski definition) is 2. The molecule has 3 amide bonds. The van der Waals surface area contributed by atoms with Gasteiger partial charge in [-0.15, -0.1) is 0 Å². The number of rotatable bonds is 4. The van der Waals surface area contributed by atoms with Gasteiger partial charge < -0.3 is 16.0 Å². The first-order valence-corrected chi connectivity index (χ1v) is 8.53. The highest BCUT2D eigenvalue weighted by atomic mass is 79.9. The first-order chi connectivity index (χ1) is 11.5. The number of primary amides is 1. The molecule has 0 aliphatic carbocycles. The number of amides is 3. The molecule has 1 aliphatic heterocycles. The molecule has 5 nitrogen and oxygen atoms in total. The predicted molar refractivity (Wildman–Crippen MR) is 96.7 cm³/mol. The van der Waals surface area contributed by atoms with Crippen LogP contribution in [-0.4, -0.2) is 18.5 Å². The molecule has 2 aromatic rings. The minimum atomic E-state index is -0.644. The fraction of sp³-hybridized carbons (Fsp3) is 0.222. The molecule has 3 N–H and O–H groups in total. The van der Waals surface area contributed by atoms with Crippen LogP contribution in [0.4, 0.5) is 10.5 Å². The van der Waals surface area contributed by atoms with Gasteiger partial charge in [0.15, 0.2) is 0 Å². The van der Waals surface area contributed by atoms with Crippen LogP contribution in [0.15, 0.2) is 53.0 Å². The molecule has 0 bridgehead atoms. The number of halogens is 1. The minimum Gasteiger partial charge on any atom is -0.352 e. The van der Waals surface area contributed by atoms with Gasteiger partial charge in [0.1, 0.15) is 0 Å². The summed E-state index contributed by atoms with van der Waals surface area (Å²) < 4.78 is 0.884. The van der Waals surface area contributed by atoms with E-state index in [4.69, 9.17) is 5.73 Å². The van der Waals surface area contributed by atoms with Crippen LogP contribution in [0.3, 0.4) is 0 Å². The van der Waals surface area contributed by atoms with Crippen LogP contribution >= 0.6 is 15.9 Å². The zero-order valence-corrected chi connectivity index (χ0v) is 14.6. The molecule has 0 saturated carbocycles. The number of para-hydroxylation sites is 1. The molecule has 1 heterocycles. The lowest BCUT2D eigenvalue weighted by atomic mass is 10.0. The number of benzene rings is 2. The summed E-state index contributed by atoms with van der Waals surface area (Å²) in [6.45, 7) is 0.667. The first-order valence-electron chi connectivity index (χ1n) is 7.74. The smallest absolute Gasteiger partial charge is 0.312 e. The van der Waals surface area contributed by atoms with E-state index in [1.54, 1.807) is 4.90 Å². The predicted octanol–water partition coefficient (Wildman–Crippen LogP) is 3.14. The molecule has 0 fully saturated rings. The van der Waals surface area contributed by atoms with E-state index in [-0.39, 0.29) is 12.3 Å². The Balaban J connectivity index is 1.80. The molecule has 1 atom stereocenters. The molecule has 24 heavy (non-hydrogen) atoms. The second kappa shape index (κ2) is 7.05. The molecule has 0 saturated heterocycles. The van der Waals surface area contributed by atoms with Crippen molar-refractivity contribution in [2.24, 2.45) is 5.73 Å². The lowest BCUT2D eigenvalue weighted by Gasteiger charge is -2.22.